The average molecular weight is 345 g/mol. The van der Waals surface area contributed by atoms with Crippen LogP contribution in [0.5, 0.6) is 0 Å². The second kappa shape index (κ2) is 7.80. The molecule has 1 unspecified atom stereocenters. The summed E-state index contributed by atoms with van der Waals surface area (Å²) in [5.74, 6) is 0.615. The molecule has 136 valence electrons. The van der Waals surface area contributed by atoms with E-state index in [-0.39, 0.29) is 5.91 Å². The van der Waals surface area contributed by atoms with Crippen LogP contribution in [0.25, 0.3) is 0 Å². The molecule has 2 amide bonds. The Morgan fingerprint density at radius 1 is 1.20 bits per heavy atom. The third-order valence-corrected chi connectivity index (χ3v) is 5.17. The van der Waals surface area contributed by atoms with Gasteiger partial charge >= 0.3 is 0 Å². The Kier molecular flexibility index (Phi) is 5.50. The van der Waals surface area contributed by atoms with Gasteiger partial charge in [0, 0.05) is 44.5 Å². The van der Waals surface area contributed by atoms with Crippen molar-refractivity contribution in [3.63, 3.8) is 0 Å². The predicted octanol–water partition coefficient (Wildman–Crippen LogP) is 1.47. The van der Waals surface area contributed by atoms with Crippen LogP contribution in [0.3, 0.4) is 0 Å². The maximum Gasteiger partial charge on any atom is 0.272 e. The molecule has 7 nitrogen and oxygen atoms in total. The standard InChI is InChI=1S/C18H27N5O2/c1-3-15-6-4-5-7-23(15)18-19-14(2)12-16(20-18)17(25)22-10-8-21(13-24)9-11-22/h12-13,15H,3-11H2,1-2H3. The first-order chi connectivity index (χ1) is 12.1. The van der Waals surface area contributed by atoms with Crippen molar-refractivity contribution >= 4 is 18.3 Å². The molecule has 7 heteroatoms. The van der Waals surface area contributed by atoms with Crippen LogP contribution in [0.1, 0.15) is 48.8 Å². The Hall–Kier alpha value is -2.18. The maximum atomic E-state index is 12.8. The number of aromatic nitrogens is 2. The summed E-state index contributed by atoms with van der Waals surface area (Å²) in [6, 6.07) is 2.22. The normalized spacial score (nSPS) is 21.4. The number of hydrogen-bond donors (Lipinski definition) is 0. The van der Waals surface area contributed by atoms with Gasteiger partial charge in [0.25, 0.3) is 5.91 Å². The van der Waals surface area contributed by atoms with Crippen LogP contribution in [-0.2, 0) is 4.79 Å². The van der Waals surface area contributed by atoms with E-state index in [1.807, 2.05) is 6.92 Å². The fourth-order valence-electron chi connectivity index (χ4n) is 3.67. The van der Waals surface area contributed by atoms with Crippen molar-refractivity contribution < 1.29 is 9.59 Å². The van der Waals surface area contributed by atoms with Gasteiger partial charge in [-0.1, -0.05) is 6.92 Å². The van der Waals surface area contributed by atoms with Gasteiger partial charge in [0.05, 0.1) is 0 Å². The highest BCUT2D eigenvalue weighted by Gasteiger charge is 2.26. The average Bonchev–Trinajstić information content (AvgIpc) is 2.67. The lowest BCUT2D eigenvalue weighted by molar-refractivity contribution is -0.119. The number of rotatable bonds is 4. The van der Waals surface area contributed by atoms with E-state index < -0.39 is 0 Å². The summed E-state index contributed by atoms with van der Waals surface area (Å²) in [6.45, 7) is 7.32. The summed E-state index contributed by atoms with van der Waals surface area (Å²) in [5.41, 5.74) is 1.28. The Morgan fingerprint density at radius 3 is 2.64 bits per heavy atom. The topological polar surface area (TPSA) is 69.6 Å². The monoisotopic (exact) mass is 345 g/mol. The number of amides is 2. The molecule has 0 aromatic carbocycles. The summed E-state index contributed by atoms with van der Waals surface area (Å²) in [5, 5.41) is 0. The summed E-state index contributed by atoms with van der Waals surface area (Å²) in [4.78, 5) is 38.6. The molecule has 1 atom stereocenters. The molecule has 3 heterocycles. The Labute approximate surface area is 149 Å². The summed E-state index contributed by atoms with van der Waals surface area (Å²) in [6.07, 6.45) is 5.45. The van der Waals surface area contributed by atoms with Crippen LogP contribution in [-0.4, -0.2) is 70.9 Å². The largest absolute Gasteiger partial charge is 0.342 e. The fraction of sp³-hybridized carbons (Fsp3) is 0.667. The van der Waals surface area contributed by atoms with E-state index in [2.05, 4.69) is 21.8 Å². The zero-order valence-corrected chi connectivity index (χ0v) is 15.1. The van der Waals surface area contributed by atoms with Crippen molar-refractivity contribution in [1.29, 1.82) is 0 Å². The highest BCUT2D eigenvalue weighted by molar-refractivity contribution is 5.92. The third-order valence-electron chi connectivity index (χ3n) is 5.17. The smallest absolute Gasteiger partial charge is 0.272 e. The van der Waals surface area contributed by atoms with Crippen molar-refractivity contribution in [3.8, 4) is 0 Å². The molecule has 2 saturated heterocycles. The second-order valence-electron chi connectivity index (χ2n) is 6.88. The molecule has 2 aliphatic heterocycles. The minimum Gasteiger partial charge on any atom is -0.342 e. The first kappa shape index (κ1) is 17.6. The van der Waals surface area contributed by atoms with E-state index >= 15 is 0 Å². The highest BCUT2D eigenvalue weighted by Crippen LogP contribution is 2.24. The van der Waals surface area contributed by atoms with E-state index in [1.165, 1.54) is 6.42 Å². The minimum atomic E-state index is -0.0673. The van der Waals surface area contributed by atoms with Gasteiger partial charge in [0.15, 0.2) is 0 Å². The lowest BCUT2D eigenvalue weighted by Gasteiger charge is -2.36. The van der Waals surface area contributed by atoms with Crippen LogP contribution < -0.4 is 4.90 Å². The molecule has 0 aliphatic carbocycles. The van der Waals surface area contributed by atoms with Gasteiger partial charge in [-0.25, -0.2) is 9.97 Å². The van der Waals surface area contributed by atoms with Crippen molar-refractivity contribution in [2.24, 2.45) is 0 Å². The Balaban J connectivity index is 1.79. The second-order valence-corrected chi connectivity index (χ2v) is 6.88. The zero-order valence-electron chi connectivity index (χ0n) is 15.1. The maximum absolute atomic E-state index is 12.8. The van der Waals surface area contributed by atoms with E-state index in [1.54, 1.807) is 15.9 Å². The molecule has 0 spiro atoms. The molecule has 0 radical (unpaired) electrons. The number of carbonyl (C=O) groups excluding carboxylic acids is 2. The molecule has 0 bridgehead atoms. The van der Waals surface area contributed by atoms with Crippen LogP contribution in [0, 0.1) is 6.92 Å². The summed E-state index contributed by atoms with van der Waals surface area (Å²) >= 11 is 0. The molecular formula is C18H27N5O2. The van der Waals surface area contributed by atoms with Crippen molar-refractivity contribution in [3.05, 3.63) is 17.5 Å². The third kappa shape index (κ3) is 3.91. The first-order valence-electron chi connectivity index (χ1n) is 9.23. The molecule has 1 aromatic heterocycles. The molecule has 25 heavy (non-hydrogen) atoms. The number of anilines is 1. The summed E-state index contributed by atoms with van der Waals surface area (Å²) < 4.78 is 0. The summed E-state index contributed by atoms with van der Waals surface area (Å²) in [7, 11) is 0. The lowest BCUT2D eigenvalue weighted by atomic mass is 10.0. The highest BCUT2D eigenvalue weighted by atomic mass is 16.2. The Bertz CT molecular complexity index is 628. The quantitative estimate of drug-likeness (QED) is 0.773. The van der Waals surface area contributed by atoms with Gasteiger partial charge in [-0.05, 0) is 38.7 Å². The molecule has 0 saturated carbocycles. The molecular weight excluding hydrogens is 318 g/mol. The van der Waals surface area contributed by atoms with Crippen molar-refractivity contribution in [2.75, 3.05) is 37.6 Å². The SMILES string of the molecule is CCC1CCCCN1c1nc(C)cc(C(=O)N2CCN(C=O)CC2)n1. The van der Waals surface area contributed by atoms with E-state index in [0.29, 0.717) is 43.9 Å². The lowest BCUT2D eigenvalue weighted by Crippen LogP contribution is -2.48. The van der Waals surface area contributed by atoms with Gasteiger partial charge in [-0.2, -0.15) is 0 Å². The molecule has 2 fully saturated rings. The van der Waals surface area contributed by atoms with Gasteiger partial charge in [-0.3, -0.25) is 9.59 Å². The van der Waals surface area contributed by atoms with Crippen LogP contribution in [0.4, 0.5) is 5.95 Å². The molecule has 3 rings (SSSR count). The van der Waals surface area contributed by atoms with E-state index in [4.69, 9.17) is 0 Å². The van der Waals surface area contributed by atoms with Crippen LogP contribution in [0.2, 0.25) is 0 Å². The van der Waals surface area contributed by atoms with Gasteiger partial charge in [0.2, 0.25) is 12.4 Å². The predicted molar refractivity (Wildman–Crippen MR) is 95.6 cm³/mol. The van der Waals surface area contributed by atoms with Gasteiger partial charge in [-0.15, -0.1) is 0 Å². The molecule has 1 aromatic rings. The van der Waals surface area contributed by atoms with Gasteiger partial charge in [0.1, 0.15) is 5.69 Å². The minimum absolute atomic E-state index is 0.0673. The van der Waals surface area contributed by atoms with Gasteiger partial charge < -0.3 is 14.7 Å². The van der Waals surface area contributed by atoms with E-state index in [9.17, 15) is 9.59 Å². The number of carbonyl (C=O) groups is 2. The van der Waals surface area contributed by atoms with Crippen molar-refractivity contribution in [2.45, 2.75) is 45.6 Å². The van der Waals surface area contributed by atoms with Crippen molar-refractivity contribution in [1.82, 2.24) is 19.8 Å². The number of hydrogen-bond acceptors (Lipinski definition) is 5. The number of piperazine rings is 1. The fourth-order valence-corrected chi connectivity index (χ4v) is 3.67. The zero-order chi connectivity index (χ0) is 17.8. The van der Waals surface area contributed by atoms with E-state index in [0.717, 1.165) is 37.9 Å². The molecule has 0 N–H and O–H groups in total. The van der Waals surface area contributed by atoms with Crippen LogP contribution in [0.15, 0.2) is 6.07 Å². The van der Waals surface area contributed by atoms with Crippen LogP contribution >= 0.6 is 0 Å². The molecule has 2 aliphatic rings. The number of piperidine rings is 1. The number of aryl methyl sites for hydroxylation is 1. The number of nitrogens with zero attached hydrogens (tertiary/aromatic N) is 5. The Morgan fingerprint density at radius 2 is 1.96 bits per heavy atom. The first-order valence-corrected chi connectivity index (χ1v) is 9.23.